The molecule has 1 unspecified atom stereocenters. The summed E-state index contributed by atoms with van der Waals surface area (Å²) >= 11 is 3.48. The second-order valence-corrected chi connectivity index (χ2v) is 6.33. The Bertz CT molecular complexity index is 414. The van der Waals surface area contributed by atoms with E-state index in [0.717, 1.165) is 13.1 Å². The Morgan fingerprint density at radius 2 is 2.12 bits per heavy atom. The molecule has 5 heteroatoms. The van der Waals surface area contributed by atoms with Crippen molar-refractivity contribution < 1.29 is 0 Å². The minimum atomic E-state index is -0.0168. The molecule has 0 aliphatic rings. The van der Waals surface area contributed by atoms with Gasteiger partial charge in [-0.3, -0.25) is 4.79 Å². The lowest BCUT2D eigenvalue weighted by Crippen LogP contribution is -2.34. The monoisotopic (exact) mass is 301 g/mol. The Balaban J connectivity index is 2.97. The molecule has 0 radical (unpaired) electrons. The Hall–Kier alpha value is -0.840. The summed E-state index contributed by atoms with van der Waals surface area (Å²) in [7, 11) is 1.89. The van der Waals surface area contributed by atoms with E-state index in [1.807, 2.05) is 18.9 Å². The zero-order chi connectivity index (χ0) is 13.0. The van der Waals surface area contributed by atoms with Gasteiger partial charge in [-0.15, -0.1) is 0 Å². The SMILES string of the molecule is CC(C)Cn1ccnc(N(C)CC(C)Br)c1=O. The van der Waals surface area contributed by atoms with Crippen LogP contribution in [0.1, 0.15) is 20.8 Å². The maximum Gasteiger partial charge on any atom is 0.293 e. The van der Waals surface area contributed by atoms with Gasteiger partial charge in [0.05, 0.1) is 0 Å². The minimum absolute atomic E-state index is 0.0168. The van der Waals surface area contributed by atoms with Crippen LogP contribution in [0.5, 0.6) is 0 Å². The third-order valence-corrected chi connectivity index (χ3v) is 2.63. The molecule has 4 nitrogen and oxygen atoms in total. The van der Waals surface area contributed by atoms with Crippen LogP contribution in [0.2, 0.25) is 0 Å². The number of hydrogen-bond acceptors (Lipinski definition) is 3. The van der Waals surface area contributed by atoms with Crippen LogP contribution >= 0.6 is 15.9 Å². The summed E-state index contributed by atoms with van der Waals surface area (Å²) in [5.74, 6) is 0.961. The second-order valence-electron chi connectivity index (χ2n) is 4.76. The number of anilines is 1. The van der Waals surface area contributed by atoms with Crippen LogP contribution < -0.4 is 10.5 Å². The fourth-order valence-electron chi connectivity index (χ4n) is 1.70. The lowest BCUT2D eigenvalue weighted by Gasteiger charge is -2.20. The third-order valence-electron chi connectivity index (χ3n) is 2.34. The van der Waals surface area contributed by atoms with E-state index in [2.05, 4.69) is 34.8 Å². The first-order chi connectivity index (χ1) is 7.91. The van der Waals surface area contributed by atoms with E-state index < -0.39 is 0 Å². The average molecular weight is 302 g/mol. The molecule has 0 saturated carbocycles. The molecule has 17 heavy (non-hydrogen) atoms. The van der Waals surface area contributed by atoms with Crippen molar-refractivity contribution in [3.63, 3.8) is 0 Å². The van der Waals surface area contributed by atoms with Crippen LogP contribution in [-0.2, 0) is 6.54 Å². The molecule has 0 aliphatic carbocycles. The van der Waals surface area contributed by atoms with Crippen LogP contribution in [0.4, 0.5) is 5.82 Å². The van der Waals surface area contributed by atoms with Gasteiger partial charge in [0.2, 0.25) is 0 Å². The van der Waals surface area contributed by atoms with Crippen molar-refractivity contribution in [1.82, 2.24) is 9.55 Å². The highest BCUT2D eigenvalue weighted by Crippen LogP contribution is 2.06. The Labute approximate surface area is 111 Å². The average Bonchev–Trinajstić information content (AvgIpc) is 2.19. The van der Waals surface area contributed by atoms with Gasteiger partial charge in [0, 0.05) is 37.4 Å². The van der Waals surface area contributed by atoms with E-state index in [1.165, 1.54) is 0 Å². The largest absolute Gasteiger partial charge is 0.354 e. The fourth-order valence-corrected chi connectivity index (χ4v) is 2.13. The minimum Gasteiger partial charge on any atom is -0.354 e. The van der Waals surface area contributed by atoms with Gasteiger partial charge in [0.1, 0.15) is 0 Å². The van der Waals surface area contributed by atoms with Crippen molar-refractivity contribution >= 4 is 21.7 Å². The van der Waals surface area contributed by atoms with E-state index in [4.69, 9.17) is 0 Å². The molecule has 1 atom stereocenters. The third kappa shape index (κ3) is 4.15. The van der Waals surface area contributed by atoms with E-state index >= 15 is 0 Å². The van der Waals surface area contributed by atoms with E-state index in [9.17, 15) is 4.79 Å². The van der Waals surface area contributed by atoms with Crippen molar-refractivity contribution in [2.45, 2.75) is 32.1 Å². The number of rotatable bonds is 5. The van der Waals surface area contributed by atoms with E-state index in [0.29, 0.717) is 16.6 Å². The van der Waals surface area contributed by atoms with Crippen LogP contribution in [0, 0.1) is 5.92 Å². The molecule has 0 aliphatic heterocycles. The van der Waals surface area contributed by atoms with Gasteiger partial charge in [-0.1, -0.05) is 36.7 Å². The summed E-state index contributed by atoms with van der Waals surface area (Å²) < 4.78 is 1.72. The fraction of sp³-hybridized carbons (Fsp3) is 0.667. The predicted octanol–water partition coefficient (Wildman–Crippen LogP) is 2.12. The van der Waals surface area contributed by atoms with Crippen LogP contribution in [-0.4, -0.2) is 28.0 Å². The van der Waals surface area contributed by atoms with Gasteiger partial charge in [-0.25, -0.2) is 4.98 Å². The highest BCUT2D eigenvalue weighted by molar-refractivity contribution is 9.09. The zero-order valence-electron chi connectivity index (χ0n) is 10.9. The normalized spacial score (nSPS) is 12.8. The van der Waals surface area contributed by atoms with Crippen molar-refractivity contribution in [3.8, 4) is 0 Å². The molecule has 0 amide bonds. The topological polar surface area (TPSA) is 38.1 Å². The van der Waals surface area contributed by atoms with Crippen LogP contribution in [0.3, 0.4) is 0 Å². The molecule has 0 aromatic carbocycles. The van der Waals surface area contributed by atoms with E-state index in [1.54, 1.807) is 17.0 Å². The Kier molecular flexibility index (Phi) is 5.18. The molecule has 1 rings (SSSR count). The predicted molar refractivity (Wildman–Crippen MR) is 75.0 cm³/mol. The molecule has 1 heterocycles. The smallest absolute Gasteiger partial charge is 0.293 e. The van der Waals surface area contributed by atoms with Crippen molar-refractivity contribution in [2.24, 2.45) is 5.92 Å². The molecule has 1 aromatic heterocycles. The number of alkyl halides is 1. The lowest BCUT2D eigenvalue weighted by atomic mass is 10.2. The highest BCUT2D eigenvalue weighted by Gasteiger charge is 2.11. The van der Waals surface area contributed by atoms with Crippen LogP contribution in [0.25, 0.3) is 0 Å². The number of halogens is 1. The standard InChI is InChI=1S/C12H20BrN3O/c1-9(2)7-16-6-5-14-11(12(16)17)15(4)8-10(3)13/h5-6,9-10H,7-8H2,1-4H3. The molecular weight excluding hydrogens is 282 g/mol. The quantitative estimate of drug-likeness (QED) is 0.782. The first-order valence-electron chi connectivity index (χ1n) is 5.82. The summed E-state index contributed by atoms with van der Waals surface area (Å²) in [5.41, 5.74) is -0.0168. The number of nitrogens with zero attached hydrogens (tertiary/aromatic N) is 3. The molecule has 96 valence electrons. The van der Waals surface area contributed by atoms with Crippen molar-refractivity contribution in [1.29, 1.82) is 0 Å². The van der Waals surface area contributed by atoms with Gasteiger partial charge in [-0.05, 0) is 5.92 Å². The summed E-state index contributed by atoms with van der Waals surface area (Å²) in [6, 6.07) is 0. The number of aromatic nitrogens is 2. The van der Waals surface area contributed by atoms with Gasteiger partial charge in [0.15, 0.2) is 5.82 Å². The van der Waals surface area contributed by atoms with Crippen molar-refractivity contribution in [2.75, 3.05) is 18.5 Å². The Morgan fingerprint density at radius 3 is 2.65 bits per heavy atom. The van der Waals surface area contributed by atoms with Crippen LogP contribution in [0.15, 0.2) is 17.2 Å². The molecular formula is C12H20BrN3O. The van der Waals surface area contributed by atoms with E-state index in [-0.39, 0.29) is 5.56 Å². The molecule has 0 N–H and O–H groups in total. The summed E-state index contributed by atoms with van der Waals surface area (Å²) in [6.07, 6.45) is 3.44. The zero-order valence-corrected chi connectivity index (χ0v) is 12.4. The maximum absolute atomic E-state index is 12.2. The number of hydrogen-bond donors (Lipinski definition) is 0. The Morgan fingerprint density at radius 1 is 1.47 bits per heavy atom. The first kappa shape index (κ1) is 14.2. The molecule has 1 aromatic rings. The van der Waals surface area contributed by atoms with Gasteiger partial charge in [-0.2, -0.15) is 0 Å². The highest BCUT2D eigenvalue weighted by atomic mass is 79.9. The first-order valence-corrected chi connectivity index (χ1v) is 6.74. The molecule has 0 saturated heterocycles. The van der Waals surface area contributed by atoms with Crippen molar-refractivity contribution in [3.05, 3.63) is 22.7 Å². The molecule has 0 spiro atoms. The van der Waals surface area contributed by atoms with Gasteiger partial charge < -0.3 is 9.47 Å². The lowest BCUT2D eigenvalue weighted by molar-refractivity contribution is 0.508. The van der Waals surface area contributed by atoms with Gasteiger partial charge in [0.25, 0.3) is 5.56 Å². The summed E-state index contributed by atoms with van der Waals surface area (Å²) in [4.78, 5) is 18.6. The molecule has 0 fully saturated rings. The maximum atomic E-state index is 12.2. The summed E-state index contributed by atoms with van der Waals surface area (Å²) in [6.45, 7) is 7.72. The second kappa shape index (κ2) is 6.19. The summed E-state index contributed by atoms with van der Waals surface area (Å²) in [5, 5.41) is 0. The molecule has 0 bridgehead atoms. The van der Waals surface area contributed by atoms with Gasteiger partial charge >= 0.3 is 0 Å².